The minimum atomic E-state index is -0.786. The zero-order chi connectivity index (χ0) is 45.8. The fourth-order valence-electron chi connectivity index (χ4n) is 6.97. The fraction of sp³-hybridized carbons (Fsp3) is 0.702. The molecule has 0 amide bonds. The van der Waals surface area contributed by atoms with Gasteiger partial charge in [0.05, 0.1) is 0 Å². The molecule has 0 radical (unpaired) electrons. The van der Waals surface area contributed by atoms with Gasteiger partial charge < -0.3 is 14.2 Å². The molecule has 360 valence electrons. The van der Waals surface area contributed by atoms with Gasteiger partial charge in [-0.2, -0.15) is 0 Å². The van der Waals surface area contributed by atoms with Crippen molar-refractivity contribution >= 4 is 17.9 Å². The van der Waals surface area contributed by atoms with Crippen LogP contribution in [0.2, 0.25) is 0 Å². The van der Waals surface area contributed by atoms with E-state index in [1.54, 1.807) is 0 Å². The molecule has 0 heterocycles. The molecular weight excluding hydrogens is 781 g/mol. The third-order valence-electron chi connectivity index (χ3n) is 10.9. The predicted molar refractivity (Wildman–Crippen MR) is 270 cm³/mol. The molecule has 0 aromatic heterocycles. The van der Waals surface area contributed by atoms with Gasteiger partial charge in [0.1, 0.15) is 13.2 Å². The standard InChI is InChI=1S/C57H96O6/c1-4-7-10-13-15-17-19-21-23-25-27-28-30-31-33-35-37-39-41-44-47-50-56(59)62-53-54(52-61-55(58)49-46-43-12-9-6-3)63-57(60)51-48-45-42-40-38-36-34-32-29-26-24-22-20-18-16-14-11-8-5-2/h8,11,16,18-19,21-22,24-25,27,29-32,54H,4-7,9-10,12-15,17,20,23,26,28,33-53H2,1-3H3/b11-8-,18-16-,21-19-,24-22-,27-25-,31-30-,32-29-. The quantitative estimate of drug-likeness (QED) is 0.0262. The van der Waals surface area contributed by atoms with E-state index in [2.05, 4.69) is 106 Å². The van der Waals surface area contributed by atoms with Crippen LogP contribution in [0.25, 0.3) is 0 Å². The van der Waals surface area contributed by atoms with E-state index in [0.717, 1.165) is 122 Å². The lowest BCUT2D eigenvalue weighted by atomic mass is 10.1. The number of esters is 3. The van der Waals surface area contributed by atoms with Crippen LogP contribution in [0, 0.1) is 0 Å². The number of carbonyl (C=O) groups is 3. The number of rotatable bonds is 46. The average Bonchev–Trinajstić information content (AvgIpc) is 3.28. The van der Waals surface area contributed by atoms with Gasteiger partial charge in [-0.15, -0.1) is 0 Å². The highest BCUT2D eigenvalue weighted by Crippen LogP contribution is 2.13. The van der Waals surface area contributed by atoms with Gasteiger partial charge in [-0.05, 0) is 96.3 Å². The monoisotopic (exact) mass is 877 g/mol. The van der Waals surface area contributed by atoms with E-state index < -0.39 is 6.10 Å². The summed E-state index contributed by atoms with van der Waals surface area (Å²) in [4.78, 5) is 37.7. The smallest absolute Gasteiger partial charge is 0.306 e. The largest absolute Gasteiger partial charge is 0.462 e. The normalized spacial score (nSPS) is 12.7. The summed E-state index contributed by atoms with van der Waals surface area (Å²) in [5, 5.41) is 0. The van der Waals surface area contributed by atoms with Crippen LogP contribution in [0.4, 0.5) is 0 Å². The van der Waals surface area contributed by atoms with Crippen molar-refractivity contribution < 1.29 is 28.6 Å². The number of carbonyl (C=O) groups excluding carboxylic acids is 3. The summed E-state index contributed by atoms with van der Waals surface area (Å²) in [5.41, 5.74) is 0. The van der Waals surface area contributed by atoms with E-state index in [4.69, 9.17) is 14.2 Å². The van der Waals surface area contributed by atoms with Gasteiger partial charge in [0.2, 0.25) is 0 Å². The van der Waals surface area contributed by atoms with E-state index in [1.807, 2.05) is 0 Å². The Morgan fingerprint density at radius 2 is 0.619 bits per heavy atom. The van der Waals surface area contributed by atoms with Crippen LogP contribution < -0.4 is 0 Å². The molecule has 0 aliphatic heterocycles. The van der Waals surface area contributed by atoms with Crippen molar-refractivity contribution in [2.24, 2.45) is 0 Å². The van der Waals surface area contributed by atoms with E-state index >= 15 is 0 Å². The van der Waals surface area contributed by atoms with Crippen LogP contribution in [-0.4, -0.2) is 37.2 Å². The summed E-state index contributed by atoms with van der Waals surface area (Å²) >= 11 is 0. The topological polar surface area (TPSA) is 78.9 Å². The third kappa shape index (κ3) is 49.5. The highest BCUT2D eigenvalue weighted by Gasteiger charge is 2.19. The molecule has 0 saturated carbocycles. The van der Waals surface area contributed by atoms with Crippen molar-refractivity contribution in [3.05, 3.63) is 85.1 Å². The number of hydrogen-bond acceptors (Lipinski definition) is 6. The Kier molecular flexibility index (Phi) is 48.5. The average molecular weight is 877 g/mol. The van der Waals surface area contributed by atoms with Gasteiger partial charge in [0, 0.05) is 19.3 Å². The molecule has 0 aromatic rings. The molecule has 0 aromatic carbocycles. The number of unbranched alkanes of at least 4 members (excludes halogenated alkanes) is 21. The molecular formula is C57H96O6. The molecule has 1 unspecified atom stereocenters. The highest BCUT2D eigenvalue weighted by atomic mass is 16.6. The molecule has 0 fully saturated rings. The van der Waals surface area contributed by atoms with Gasteiger partial charge in [-0.25, -0.2) is 0 Å². The summed E-state index contributed by atoms with van der Waals surface area (Å²) in [7, 11) is 0. The first-order chi connectivity index (χ1) is 31.0. The van der Waals surface area contributed by atoms with Crippen molar-refractivity contribution in [2.45, 2.75) is 245 Å². The molecule has 63 heavy (non-hydrogen) atoms. The van der Waals surface area contributed by atoms with E-state index in [0.29, 0.717) is 19.3 Å². The summed E-state index contributed by atoms with van der Waals surface area (Å²) in [5.74, 6) is -0.930. The van der Waals surface area contributed by atoms with Crippen LogP contribution in [0.1, 0.15) is 239 Å². The maximum absolute atomic E-state index is 12.7. The van der Waals surface area contributed by atoms with Crippen LogP contribution >= 0.6 is 0 Å². The Bertz CT molecular complexity index is 1240. The van der Waals surface area contributed by atoms with Gasteiger partial charge in [-0.1, -0.05) is 209 Å². The molecule has 0 N–H and O–H groups in total. The van der Waals surface area contributed by atoms with Gasteiger partial charge >= 0.3 is 17.9 Å². The van der Waals surface area contributed by atoms with Crippen molar-refractivity contribution in [3.63, 3.8) is 0 Å². The maximum atomic E-state index is 12.7. The number of hydrogen-bond donors (Lipinski definition) is 0. The van der Waals surface area contributed by atoms with E-state index in [-0.39, 0.29) is 31.1 Å². The van der Waals surface area contributed by atoms with E-state index in [1.165, 1.54) is 77.0 Å². The van der Waals surface area contributed by atoms with Gasteiger partial charge in [0.15, 0.2) is 6.10 Å². The van der Waals surface area contributed by atoms with Crippen molar-refractivity contribution in [2.75, 3.05) is 13.2 Å². The van der Waals surface area contributed by atoms with Crippen molar-refractivity contribution in [1.82, 2.24) is 0 Å². The molecule has 1 atom stereocenters. The Hall–Kier alpha value is -3.41. The molecule has 0 aliphatic carbocycles. The molecule has 0 bridgehead atoms. The minimum absolute atomic E-state index is 0.0884. The zero-order valence-corrected chi connectivity index (χ0v) is 41.1. The minimum Gasteiger partial charge on any atom is -0.462 e. The molecule has 0 rings (SSSR count). The van der Waals surface area contributed by atoms with Crippen LogP contribution in [0.15, 0.2) is 85.1 Å². The number of ether oxygens (including phenoxy) is 3. The van der Waals surface area contributed by atoms with Gasteiger partial charge in [0.25, 0.3) is 0 Å². The first-order valence-corrected chi connectivity index (χ1v) is 26.1. The van der Waals surface area contributed by atoms with E-state index in [9.17, 15) is 14.4 Å². The second-order valence-corrected chi connectivity index (χ2v) is 17.1. The first-order valence-electron chi connectivity index (χ1n) is 26.1. The Labute approximate surface area is 388 Å². The second kappa shape index (κ2) is 51.2. The van der Waals surface area contributed by atoms with Crippen LogP contribution in [0.5, 0.6) is 0 Å². The van der Waals surface area contributed by atoms with Crippen LogP contribution in [-0.2, 0) is 28.6 Å². The van der Waals surface area contributed by atoms with Crippen molar-refractivity contribution in [1.29, 1.82) is 0 Å². The maximum Gasteiger partial charge on any atom is 0.306 e. The Balaban J connectivity index is 4.22. The summed E-state index contributed by atoms with van der Waals surface area (Å²) in [6.45, 7) is 6.40. The summed E-state index contributed by atoms with van der Waals surface area (Å²) < 4.78 is 16.7. The fourth-order valence-corrected chi connectivity index (χ4v) is 6.97. The second-order valence-electron chi connectivity index (χ2n) is 17.1. The zero-order valence-electron chi connectivity index (χ0n) is 41.1. The summed E-state index contributed by atoms with van der Waals surface area (Å²) in [6, 6.07) is 0. The molecule has 0 saturated heterocycles. The predicted octanol–water partition coefficient (Wildman–Crippen LogP) is 17.2. The number of allylic oxidation sites excluding steroid dienone is 14. The first kappa shape index (κ1) is 59.6. The highest BCUT2D eigenvalue weighted by molar-refractivity contribution is 5.71. The molecule has 0 spiro atoms. The van der Waals surface area contributed by atoms with Crippen molar-refractivity contribution in [3.8, 4) is 0 Å². The Morgan fingerprint density at radius 1 is 0.333 bits per heavy atom. The lowest BCUT2D eigenvalue weighted by molar-refractivity contribution is -0.167. The van der Waals surface area contributed by atoms with Crippen LogP contribution in [0.3, 0.4) is 0 Å². The molecule has 0 aliphatic rings. The lowest BCUT2D eigenvalue weighted by Gasteiger charge is -2.18. The summed E-state index contributed by atoms with van der Waals surface area (Å²) in [6.07, 6.45) is 66.0. The molecule has 6 nitrogen and oxygen atoms in total. The lowest BCUT2D eigenvalue weighted by Crippen LogP contribution is -2.30. The molecule has 6 heteroatoms. The third-order valence-corrected chi connectivity index (χ3v) is 10.9. The Morgan fingerprint density at radius 3 is 0.968 bits per heavy atom. The van der Waals surface area contributed by atoms with Gasteiger partial charge in [-0.3, -0.25) is 14.4 Å². The SMILES string of the molecule is CC/C=C\C/C=C\C/C=C\C/C=C\CCCCCCCCC(=O)OC(COC(=O)CCCCCCC)COC(=O)CCCCCCCC/C=C\C/C=C\C/C=C\CCCCCCC.